The smallest absolute Gasteiger partial charge is 0.156 e. The van der Waals surface area contributed by atoms with E-state index in [0.29, 0.717) is 17.4 Å². The van der Waals surface area contributed by atoms with Crippen molar-refractivity contribution < 1.29 is 4.74 Å². The lowest BCUT2D eigenvalue weighted by molar-refractivity contribution is 0.469. The van der Waals surface area contributed by atoms with E-state index in [2.05, 4.69) is 31.0 Å². The maximum absolute atomic E-state index is 7.56. The molecule has 4 heteroatoms. The van der Waals surface area contributed by atoms with Gasteiger partial charge in [0, 0.05) is 6.20 Å². The van der Waals surface area contributed by atoms with E-state index in [0.717, 1.165) is 16.9 Å². The van der Waals surface area contributed by atoms with Crippen molar-refractivity contribution >= 4 is 5.84 Å². The molecule has 1 aromatic carbocycles. The molecule has 2 aromatic rings. The Labute approximate surface area is 119 Å². The van der Waals surface area contributed by atoms with Gasteiger partial charge >= 0.3 is 0 Å². The summed E-state index contributed by atoms with van der Waals surface area (Å²) in [6, 6.07) is 9.67. The number of nitrogens with zero attached hydrogens (tertiary/aromatic N) is 1. The molecule has 0 aliphatic rings. The number of ether oxygens (including phenoxy) is 1. The zero-order chi connectivity index (χ0) is 14.7. The summed E-state index contributed by atoms with van der Waals surface area (Å²) in [4.78, 5) is 4.10. The van der Waals surface area contributed by atoms with Gasteiger partial charge in [-0.25, -0.2) is 4.98 Å². The Kier molecular flexibility index (Phi) is 4.03. The number of pyridine rings is 1. The van der Waals surface area contributed by atoms with E-state index < -0.39 is 0 Å². The van der Waals surface area contributed by atoms with Crippen LogP contribution in [0.2, 0.25) is 0 Å². The van der Waals surface area contributed by atoms with Gasteiger partial charge in [0.2, 0.25) is 0 Å². The minimum atomic E-state index is -0.0978. The second-order valence-electron chi connectivity index (χ2n) is 5.06. The molecule has 104 valence electrons. The summed E-state index contributed by atoms with van der Waals surface area (Å²) < 4.78 is 5.96. The van der Waals surface area contributed by atoms with Crippen molar-refractivity contribution in [1.82, 2.24) is 4.98 Å². The monoisotopic (exact) mass is 269 g/mol. The van der Waals surface area contributed by atoms with Gasteiger partial charge in [-0.2, -0.15) is 0 Å². The van der Waals surface area contributed by atoms with Gasteiger partial charge in [0.1, 0.15) is 17.3 Å². The highest BCUT2D eigenvalue weighted by Crippen LogP contribution is 2.32. The second-order valence-corrected chi connectivity index (χ2v) is 5.06. The van der Waals surface area contributed by atoms with Crippen LogP contribution in [-0.2, 0) is 0 Å². The number of nitrogens with one attached hydrogen (secondary N) is 1. The molecule has 0 fully saturated rings. The molecule has 0 radical (unpaired) electrons. The summed E-state index contributed by atoms with van der Waals surface area (Å²) in [5, 5.41) is 7.56. The Balaban J connectivity index is 2.45. The van der Waals surface area contributed by atoms with Crippen LogP contribution in [0, 0.1) is 12.3 Å². The third-order valence-corrected chi connectivity index (χ3v) is 3.04. The average molecular weight is 269 g/mol. The van der Waals surface area contributed by atoms with Crippen molar-refractivity contribution in [3.63, 3.8) is 0 Å². The SMILES string of the molecule is Cc1ccc(C(C)C)c(Oc2cccnc2C(=N)N)c1. The third-order valence-electron chi connectivity index (χ3n) is 3.04. The molecule has 0 aliphatic carbocycles. The fourth-order valence-corrected chi connectivity index (χ4v) is 2.00. The Morgan fingerprint density at radius 2 is 2.00 bits per heavy atom. The number of amidine groups is 1. The van der Waals surface area contributed by atoms with Gasteiger partial charge in [-0.15, -0.1) is 0 Å². The minimum absolute atomic E-state index is 0.0978. The Morgan fingerprint density at radius 1 is 1.25 bits per heavy atom. The Bertz CT molecular complexity index is 635. The number of benzene rings is 1. The van der Waals surface area contributed by atoms with Crippen LogP contribution >= 0.6 is 0 Å². The molecule has 0 atom stereocenters. The van der Waals surface area contributed by atoms with Gasteiger partial charge < -0.3 is 10.5 Å². The molecule has 0 saturated carbocycles. The number of hydrogen-bond acceptors (Lipinski definition) is 3. The van der Waals surface area contributed by atoms with Gasteiger partial charge in [-0.3, -0.25) is 5.41 Å². The van der Waals surface area contributed by atoms with Crippen molar-refractivity contribution in [2.75, 3.05) is 0 Å². The van der Waals surface area contributed by atoms with Crippen LogP contribution in [0.15, 0.2) is 36.5 Å². The Hall–Kier alpha value is -2.36. The highest BCUT2D eigenvalue weighted by Gasteiger charge is 2.13. The summed E-state index contributed by atoms with van der Waals surface area (Å²) in [7, 11) is 0. The summed E-state index contributed by atoms with van der Waals surface area (Å²) in [6.07, 6.45) is 1.60. The van der Waals surface area contributed by atoms with Crippen molar-refractivity contribution in [1.29, 1.82) is 5.41 Å². The first-order valence-electron chi connectivity index (χ1n) is 6.57. The van der Waals surface area contributed by atoms with Gasteiger partial charge in [0.05, 0.1) is 0 Å². The number of nitrogens with two attached hydrogens (primary N) is 1. The van der Waals surface area contributed by atoms with E-state index in [9.17, 15) is 0 Å². The molecule has 2 rings (SSSR count). The molecule has 4 nitrogen and oxygen atoms in total. The zero-order valence-corrected chi connectivity index (χ0v) is 12.0. The van der Waals surface area contributed by atoms with Gasteiger partial charge in [-0.1, -0.05) is 26.0 Å². The standard InChI is InChI=1S/C16H19N3O/c1-10(2)12-7-6-11(3)9-14(12)20-13-5-4-8-19-15(13)16(17)18/h4-10H,1-3H3,(H3,17,18). The Morgan fingerprint density at radius 3 is 2.65 bits per heavy atom. The topological polar surface area (TPSA) is 72.0 Å². The normalized spacial score (nSPS) is 10.6. The van der Waals surface area contributed by atoms with Crippen LogP contribution in [-0.4, -0.2) is 10.8 Å². The third kappa shape index (κ3) is 2.96. The van der Waals surface area contributed by atoms with Crippen molar-refractivity contribution in [3.05, 3.63) is 53.3 Å². The molecule has 0 saturated heterocycles. The van der Waals surface area contributed by atoms with Crippen molar-refractivity contribution in [3.8, 4) is 11.5 Å². The quantitative estimate of drug-likeness (QED) is 0.658. The number of aromatic nitrogens is 1. The van der Waals surface area contributed by atoms with Crippen LogP contribution in [0.25, 0.3) is 0 Å². The van der Waals surface area contributed by atoms with Crippen molar-refractivity contribution in [2.45, 2.75) is 26.7 Å². The van der Waals surface area contributed by atoms with Gasteiger partial charge in [-0.05, 0) is 42.2 Å². The van der Waals surface area contributed by atoms with Gasteiger partial charge in [0.15, 0.2) is 5.75 Å². The predicted octanol–water partition coefficient (Wildman–Crippen LogP) is 3.59. The molecule has 0 amide bonds. The number of nitrogen functional groups attached to an aromatic ring is 1. The molecule has 0 unspecified atom stereocenters. The summed E-state index contributed by atoms with van der Waals surface area (Å²) in [5.74, 6) is 1.55. The van der Waals surface area contributed by atoms with Gasteiger partial charge in [0.25, 0.3) is 0 Å². The molecule has 0 aliphatic heterocycles. The van der Waals surface area contributed by atoms with E-state index in [-0.39, 0.29) is 5.84 Å². The fourth-order valence-electron chi connectivity index (χ4n) is 2.00. The lowest BCUT2D eigenvalue weighted by Gasteiger charge is -2.15. The van der Waals surface area contributed by atoms with Crippen LogP contribution in [0.5, 0.6) is 11.5 Å². The lowest BCUT2D eigenvalue weighted by atomic mass is 10.0. The maximum Gasteiger partial charge on any atom is 0.156 e. The molecule has 20 heavy (non-hydrogen) atoms. The van der Waals surface area contributed by atoms with E-state index in [1.54, 1.807) is 18.3 Å². The van der Waals surface area contributed by atoms with E-state index in [1.807, 2.05) is 13.0 Å². The zero-order valence-electron chi connectivity index (χ0n) is 12.0. The highest BCUT2D eigenvalue weighted by atomic mass is 16.5. The van der Waals surface area contributed by atoms with Crippen molar-refractivity contribution in [2.24, 2.45) is 5.73 Å². The molecule has 0 bridgehead atoms. The lowest BCUT2D eigenvalue weighted by Crippen LogP contribution is -2.14. The molecule has 0 spiro atoms. The van der Waals surface area contributed by atoms with E-state index in [1.165, 1.54) is 0 Å². The second kappa shape index (κ2) is 5.74. The summed E-state index contributed by atoms with van der Waals surface area (Å²) in [5.41, 5.74) is 8.14. The average Bonchev–Trinajstić information content (AvgIpc) is 2.38. The number of aryl methyl sites for hydroxylation is 1. The molecule has 1 heterocycles. The van der Waals surface area contributed by atoms with Crippen LogP contribution in [0.4, 0.5) is 0 Å². The minimum Gasteiger partial charge on any atom is -0.455 e. The molecular formula is C16H19N3O. The number of rotatable bonds is 4. The fraction of sp³-hybridized carbons (Fsp3) is 0.250. The van der Waals surface area contributed by atoms with E-state index >= 15 is 0 Å². The van der Waals surface area contributed by atoms with E-state index in [4.69, 9.17) is 15.9 Å². The predicted molar refractivity (Wildman–Crippen MR) is 80.6 cm³/mol. The summed E-state index contributed by atoms with van der Waals surface area (Å²) in [6.45, 7) is 6.26. The highest BCUT2D eigenvalue weighted by molar-refractivity contribution is 5.95. The van der Waals surface area contributed by atoms with Crippen LogP contribution in [0.3, 0.4) is 0 Å². The first kappa shape index (κ1) is 14.1. The van der Waals surface area contributed by atoms with Crippen LogP contribution in [0.1, 0.15) is 36.6 Å². The summed E-state index contributed by atoms with van der Waals surface area (Å²) >= 11 is 0. The van der Waals surface area contributed by atoms with Crippen LogP contribution < -0.4 is 10.5 Å². The number of hydrogen-bond donors (Lipinski definition) is 2. The molecule has 1 aromatic heterocycles. The maximum atomic E-state index is 7.56. The molecule has 3 N–H and O–H groups in total. The first-order chi connectivity index (χ1) is 9.49. The largest absolute Gasteiger partial charge is 0.455 e. The molecular weight excluding hydrogens is 250 g/mol. The first-order valence-corrected chi connectivity index (χ1v) is 6.57.